The van der Waals surface area contributed by atoms with E-state index < -0.39 is 39.5 Å². The Bertz CT molecular complexity index is 3970. The maximum Gasteiger partial charge on any atom is 3.00 e. The van der Waals surface area contributed by atoms with Crippen LogP contribution in [0.1, 0.15) is 96.3 Å². The van der Waals surface area contributed by atoms with Crippen LogP contribution in [-0.2, 0) is 38.7 Å². The van der Waals surface area contributed by atoms with E-state index in [9.17, 15) is 0 Å². The number of rotatable bonds is 27. The van der Waals surface area contributed by atoms with Gasteiger partial charge in [-0.1, -0.05) is 268 Å². The van der Waals surface area contributed by atoms with Gasteiger partial charge in [0.25, 0.3) is 0 Å². The number of imide groups is 2. The third-order valence-corrected chi connectivity index (χ3v) is 26.2. The van der Waals surface area contributed by atoms with Crippen molar-refractivity contribution >= 4 is 104 Å². The van der Waals surface area contributed by atoms with Crippen molar-refractivity contribution in [3.63, 3.8) is 0 Å². The van der Waals surface area contributed by atoms with E-state index in [1.165, 1.54) is 29.1 Å². The number of carbonyl (C=O) groups excluding carboxylic acids is 4. The van der Waals surface area contributed by atoms with E-state index in [-0.39, 0.29) is 81.6 Å². The Hall–Kier alpha value is -8.04. The van der Waals surface area contributed by atoms with Crippen molar-refractivity contribution in [2.75, 3.05) is 9.80 Å². The van der Waals surface area contributed by atoms with Gasteiger partial charge in [-0.15, -0.1) is 26.3 Å². The topological polar surface area (TPSA) is 74.8 Å². The van der Waals surface area contributed by atoms with Gasteiger partial charge in [0.2, 0.25) is 23.6 Å². The number of carbonyl (C=O) groups is 4. The van der Waals surface area contributed by atoms with E-state index in [1.807, 2.05) is 48.6 Å². The Balaban J connectivity index is 0.00000101. The molecule has 0 unspecified atom stereocenters. The number of anilines is 2. The van der Waals surface area contributed by atoms with Crippen LogP contribution < -0.4 is 41.6 Å². The van der Waals surface area contributed by atoms with Crippen LogP contribution in [0.25, 0.3) is 32.7 Å². The van der Waals surface area contributed by atoms with Crippen LogP contribution in [0.4, 0.5) is 11.4 Å². The molecule has 8 aromatic carbocycles. The average Bonchev–Trinajstić information content (AvgIpc) is 1.24. The molecular formula is C91H96N2O4P2Rh+. The summed E-state index contributed by atoms with van der Waals surface area (Å²) in [6.07, 6.45) is 41.7. The molecule has 2 saturated heterocycles. The average molecular weight is 1450 g/mol. The minimum atomic E-state index is -1.29. The summed E-state index contributed by atoms with van der Waals surface area (Å²) < 4.78 is 0. The van der Waals surface area contributed by atoms with Crippen LogP contribution in [-0.4, -0.2) is 23.6 Å². The molecule has 2 heterocycles. The molecule has 0 N–H and O–H groups in total. The van der Waals surface area contributed by atoms with Crippen LogP contribution >= 0.6 is 15.8 Å². The number of benzene rings is 8. The van der Waals surface area contributed by atoms with Crippen molar-refractivity contribution in [2.45, 2.75) is 96.3 Å². The minimum Gasteiger partial charge on any atom is -0.358 e. The molecule has 8 aromatic rings. The van der Waals surface area contributed by atoms with E-state index in [0.29, 0.717) is 24.2 Å². The van der Waals surface area contributed by atoms with Gasteiger partial charge in [0.1, 0.15) is 0 Å². The molecule has 100 heavy (non-hydrogen) atoms. The van der Waals surface area contributed by atoms with Gasteiger partial charge in [0.05, 0.1) is 35.0 Å². The van der Waals surface area contributed by atoms with E-state index in [1.54, 1.807) is 0 Å². The molecule has 4 aliphatic carbocycles. The van der Waals surface area contributed by atoms with Crippen LogP contribution in [0.3, 0.4) is 0 Å². The summed E-state index contributed by atoms with van der Waals surface area (Å²) >= 11 is 0. The van der Waals surface area contributed by atoms with Crippen molar-refractivity contribution in [2.24, 2.45) is 59.2 Å². The summed E-state index contributed by atoms with van der Waals surface area (Å²) in [5.41, 5.74) is 3.09. The third-order valence-electron chi connectivity index (χ3n) is 21.2. The Kier molecular flexibility index (Phi) is 26.2. The number of hydrogen-bond donors (Lipinski definition) is 0. The van der Waals surface area contributed by atoms with Crippen molar-refractivity contribution in [1.29, 1.82) is 0 Å². The molecule has 14 rings (SSSR count). The smallest absolute Gasteiger partial charge is 0.358 e. The van der Waals surface area contributed by atoms with Gasteiger partial charge in [0, 0.05) is 10.8 Å². The minimum absolute atomic E-state index is 0. The number of fused-ring (bicyclic) bond motifs is 6. The van der Waals surface area contributed by atoms with Crippen LogP contribution in [0.2, 0.25) is 0 Å². The Morgan fingerprint density at radius 1 is 0.350 bits per heavy atom. The number of unbranched alkanes of at least 4 members (excludes halogenated alkanes) is 10. The zero-order chi connectivity index (χ0) is 66.8. The molecular weight excluding hydrogens is 1350 g/mol. The predicted molar refractivity (Wildman–Crippen MR) is 424 cm³/mol. The van der Waals surface area contributed by atoms with Crippen molar-refractivity contribution in [3.8, 4) is 11.1 Å². The molecule has 2 bridgehead atoms. The summed E-state index contributed by atoms with van der Waals surface area (Å²) in [4.78, 5) is 64.9. The first-order valence-corrected chi connectivity index (χ1v) is 38.3. The normalized spacial score (nSPS) is 22.3. The summed E-state index contributed by atoms with van der Waals surface area (Å²) in [5.74, 6) is -1.56. The molecule has 2 saturated carbocycles. The molecule has 4 amide bonds. The number of amides is 4. The monoisotopic (exact) mass is 1450 g/mol. The van der Waals surface area contributed by atoms with Gasteiger partial charge in [-0.2, -0.15) is 0 Å². The molecule has 512 valence electrons. The van der Waals surface area contributed by atoms with Crippen molar-refractivity contribution in [3.05, 3.63) is 296 Å². The molecule has 6 nitrogen and oxygen atoms in total. The Morgan fingerprint density at radius 3 is 0.970 bits per heavy atom. The van der Waals surface area contributed by atoms with Gasteiger partial charge in [-0.05, 0) is 188 Å². The summed E-state index contributed by atoms with van der Waals surface area (Å²) in [7, 11) is -2.59. The van der Waals surface area contributed by atoms with Gasteiger partial charge in [0.15, 0.2) is 0 Å². The number of nitrogens with zero attached hydrogens (tertiary/aromatic N) is 2. The Labute approximate surface area is 611 Å². The second kappa shape index (κ2) is 35.0. The van der Waals surface area contributed by atoms with Gasteiger partial charge < -0.3 is 14.9 Å². The molecule has 8 atom stereocenters. The summed E-state index contributed by atoms with van der Waals surface area (Å²) in [6, 6.07) is 64.1. The van der Waals surface area contributed by atoms with Crippen molar-refractivity contribution in [1.82, 2.24) is 0 Å². The van der Waals surface area contributed by atoms with E-state index >= 15 is 19.2 Å². The first-order chi connectivity index (χ1) is 47.7. The van der Waals surface area contributed by atoms with E-state index in [2.05, 4.69) is 233 Å². The standard InChI is InChI=1S/C82H82N2O4P2.C7H8.2CH3.Rh/c1-5-9-11-13-15-17-19-25-37-59-55-57(7-3)73-75(59)81(87)83(79(73)85)69-49-35-47-67-65(69)51-53-71(89(61-39-27-21-28-40-61)62-41-29-22-30-42-62)77(67)78-68-48-36-50-70(66(68)52-54-72(78)90(63-43-31-23-32-44-63)64-45-33-24-34-46-64)84-80(86)74-58(8-4)56-60(76(74)82(84)88)38-26-20-18-16-14-12-10-6-2;1-2-7-4-3-6(1)5-7;;;/h5-8,21-54,57-60,73-76H,1-4,9-20,55-56H2;1-4,6-7H,5H2;2*1H3;/q;;2*-1;+3/b37-25+,38-26+;;;;/t57-,58+,59+,60-,73-,74+,75+,76-;;;;. The number of hydrogen-bond acceptors (Lipinski definition) is 4. The van der Waals surface area contributed by atoms with Crippen LogP contribution in [0.5, 0.6) is 0 Å². The van der Waals surface area contributed by atoms with Gasteiger partial charge in [-0.25, -0.2) is 9.80 Å². The third kappa shape index (κ3) is 15.3. The molecule has 0 spiro atoms. The molecule has 0 radical (unpaired) electrons. The largest absolute Gasteiger partial charge is 3.00 e. The second-order valence-corrected chi connectivity index (χ2v) is 31.5. The maximum atomic E-state index is 15.5. The summed E-state index contributed by atoms with van der Waals surface area (Å²) in [6.45, 7) is 16.2. The fraction of sp³-hybridized carbons (Fsp3) is 0.275. The SMILES string of the molecule is C1=CC2C=CC1C2.C=CCCCCCC/C=C/[C@@H]1C[C@H](C=C)[C@@H]2C(=O)N(c3cccc4c(-c5c(P(c6ccccc6)c6ccccc6)ccc6c(N7C(=O)[C@@H]8[C@H](C7=O)[C@H](C=C)C[C@@H]8/C=C/CCCCCCC=C)cccc56)c(P(c5ccccc5)c5ccccc5)ccc34)C(=O)[C@@H]21.[CH3-].[CH3-].[Rh+3]. The van der Waals surface area contributed by atoms with E-state index in [0.717, 1.165) is 141 Å². The summed E-state index contributed by atoms with van der Waals surface area (Å²) in [5, 5.41) is 10.2. The van der Waals surface area contributed by atoms with Gasteiger partial charge >= 0.3 is 19.5 Å². The predicted octanol–water partition coefficient (Wildman–Crippen LogP) is 19.8. The zero-order valence-corrected chi connectivity index (χ0v) is 61.6. The fourth-order valence-corrected chi connectivity index (χ4v) is 21.5. The first-order valence-electron chi connectivity index (χ1n) is 35.6. The second-order valence-electron chi connectivity index (χ2n) is 27.2. The fourth-order valence-electron chi connectivity index (χ4n) is 16.6. The van der Waals surface area contributed by atoms with Crippen LogP contribution in [0.15, 0.2) is 281 Å². The van der Waals surface area contributed by atoms with E-state index in [4.69, 9.17) is 0 Å². The molecule has 0 aromatic heterocycles. The molecule has 2 aliphatic heterocycles. The quantitative estimate of drug-likeness (QED) is 0.0128. The zero-order valence-electron chi connectivity index (χ0n) is 58.2. The first kappa shape index (κ1) is 74.6. The van der Waals surface area contributed by atoms with Crippen molar-refractivity contribution < 1.29 is 38.7 Å². The molecule has 4 fully saturated rings. The molecule has 6 aliphatic rings. The Morgan fingerprint density at radius 2 is 0.670 bits per heavy atom. The van der Waals surface area contributed by atoms with Gasteiger partial charge in [-0.3, -0.25) is 19.2 Å². The molecule has 9 heteroatoms. The van der Waals surface area contributed by atoms with Crippen LogP contribution in [0, 0.1) is 74.0 Å². The maximum absolute atomic E-state index is 15.5. The number of allylic oxidation sites excluding steroid dienone is 12.